The summed E-state index contributed by atoms with van der Waals surface area (Å²) < 4.78 is 32.7. The Bertz CT molecular complexity index is 1890. The third-order valence-corrected chi connectivity index (χ3v) is 12.5. The summed E-state index contributed by atoms with van der Waals surface area (Å²) in [7, 11) is 1.55. The highest BCUT2D eigenvalue weighted by atomic mass is 32.2. The molecule has 0 aromatic heterocycles. The topological polar surface area (TPSA) is 129 Å². The van der Waals surface area contributed by atoms with Gasteiger partial charge in [0.15, 0.2) is 0 Å². The summed E-state index contributed by atoms with van der Waals surface area (Å²) in [5.74, 6) is 0.297. The number of fused-ring (bicyclic) bond motifs is 2. The summed E-state index contributed by atoms with van der Waals surface area (Å²) in [6.07, 6.45) is 11.3. The normalized spacial score (nSPS) is 23.4. The number of allylic oxidation sites excluding steroid dienone is 1. The molecule has 6 atom stereocenters. The summed E-state index contributed by atoms with van der Waals surface area (Å²) in [4.78, 5) is 22.8. The van der Waals surface area contributed by atoms with Gasteiger partial charge in [-0.3, -0.25) is 4.90 Å². The number of thioether (sulfide) groups is 1. The number of nitrogens with zero attached hydrogens (tertiary/aromatic N) is 2. The number of unbranched alkanes of at least 4 members (excludes halogenated alkanes) is 2. The lowest BCUT2D eigenvalue weighted by atomic mass is 9.55. The molecule has 0 radical (unpaired) electrons. The minimum atomic E-state index is -1.37. The van der Waals surface area contributed by atoms with Gasteiger partial charge < -0.3 is 38.7 Å². The maximum Gasteiger partial charge on any atom is 0.410 e. The van der Waals surface area contributed by atoms with E-state index in [1.165, 1.54) is 0 Å². The Hall–Kier alpha value is -4.33. The highest BCUT2D eigenvalue weighted by Gasteiger charge is 2.65. The minimum Gasteiger partial charge on any atom is -0.459 e. The molecule has 11 nitrogen and oxygen atoms in total. The number of aliphatic hydroxyl groups is 2. The van der Waals surface area contributed by atoms with Gasteiger partial charge in [0.25, 0.3) is 0 Å². The lowest BCUT2D eigenvalue weighted by Crippen LogP contribution is -2.70. The van der Waals surface area contributed by atoms with E-state index in [0.29, 0.717) is 50.3 Å². The Labute approximate surface area is 359 Å². The Morgan fingerprint density at radius 2 is 1.75 bits per heavy atom. The second-order valence-electron chi connectivity index (χ2n) is 15.6. The molecule has 12 heteroatoms. The summed E-state index contributed by atoms with van der Waals surface area (Å²) in [6.45, 7) is 7.56. The third-order valence-electron chi connectivity index (χ3n) is 11.8. The van der Waals surface area contributed by atoms with Gasteiger partial charge in [-0.25, -0.2) is 4.79 Å². The molecule has 1 amide bonds. The van der Waals surface area contributed by atoms with Gasteiger partial charge in [-0.15, -0.1) is 18.3 Å². The first-order valence-corrected chi connectivity index (χ1v) is 22.6. The molecule has 1 heterocycles. The molecule has 3 aromatic rings. The van der Waals surface area contributed by atoms with Crippen LogP contribution in [0.5, 0.6) is 17.2 Å². The molecule has 1 aliphatic heterocycles. The fraction of sp³-hybridized carbons (Fsp3) is 0.500. The van der Waals surface area contributed by atoms with Crippen molar-refractivity contribution in [3.8, 4) is 17.2 Å². The van der Waals surface area contributed by atoms with Gasteiger partial charge in [-0.1, -0.05) is 67.4 Å². The van der Waals surface area contributed by atoms with E-state index in [4.69, 9.17) is 28.5 Å². The van der Waals surface area contributed by atoms with E-state index in [9.17, 15) is 15.0 Å². The summed E-state index contributed by atoms with van der Waals surface area (Å²) in [5, 5.41) is 24.4. The van der Waals surface area contributed by atoms with Gasteiger partial charge in [-0.2, -0.15) is 0 Å². The van der Waals surface area contributed by atoms with Crippen molar-refractivity contribution in [2.45, 2.75) is 87.5 Å². The van der Waals surface area contributed by atoms with Gasteiger partial charge in [0.2, 0.25) is 5.79 Å². The predicted octanol–water partition coefficient (Wildman–Crippen LogP) is 9.53. The number of amides is 1. The number of rotatable bonds is 23. The molecule has 0 saturated heterocycles. The summed E-state index contributed by atoms with van der Waals surface area (Å²) in [5.41, 5.74) is 3.72. The van der Waals surface area contributed by atoms with Gasteiger partial charge in [0, 0.05) is 42.6 Å². The summed E-state index contributed by atoms with van der Waals surface area (Å²) in [6, 6.07) is 23.2. The molecule has 3 aliphatic rings. The number of carbonyl (C=O) groups excluding carboxylic acids is 1. The molecule has 2 aliphatic carbocycles. The number of hydrogen-bond donors (Lipinski definition) is 2. The lowest BCUT2D eigenvalue weighted by molar-refractivity contribution is -0.255. The van der Waals surface area contributed by atoms with E-state index in [2.05, 4.69) is 23.9 Å². The first kappa shape index (κ1) is 45.2. The molecule has 0 bridgehead atoms. The number of ether oxygens (including phenoxy) is 5. The van der Waals surface area contributed by atoms with Gasteiger partial charge in [-0.05, 0) is 104 Å². The van der Waals surface area contributed by atoms with E-state index in [1.807, 2.05) is 79.9 Å². The van der Waals surface area contributed by atoms with Crippen molar-refractivity contribution in [2.75, 3.05) is 52.9 Å². The number of oxime groups is 1. The molecular formula is C48H62N2O9S. The van der Waals surface area contributed by atoms with Crippen molar-refractivity contribution < 1.29 is 43.5 Å². The highest BCUT2D eigenvalue weighted by Crippen LogP contribution is 2.62. The van der Waals surface area contributed by atoms with Crippen LogP contribution in [-0.2, 0) is 25.7 Å². The zero-order valence-corrected chi connectivity index (χ0v) is 36.2. The zero-order valence-electron chi connectivity index (χ0n) is 35.3. The van der Waals surface area contributed by atoms with E-state index < -0.39 is 23.8 Å². The van der Waals surface area contributed by atoms with E-state index in [-0.39, 0.29) is 50.8 Å². The molecule has 6 rings (SSSR count). The molecule has 324 valence electrons. The molecule has 1 fully saturated rings. The van der Waals surface area contributed by atoms with Gasteiger partial charge >= 0.3 is 6.09 Å². The van der Waals surface area contributed by atoms with Crippen LogP contribution in [0.3, 0.4) is 0 Å². The molecule has 2 N–H and O–H groups in total. The SMILES string of the molecule is C=CCO[C@@]12Oc3ccc(Oc4ccc(SC)cc4)cc3[C@H]3[C@H](CCCCO)[C@@H](CCCCO)C=C(C(=NOC)C[C@@H]1N(CCC)C(=O)OCCOCc1ccccc1)[C@H]32. The number of carbonyl (C=O) groups is 1. The second kappa shape index (κ2) is 22.5. The fourth-order valence-corrected chi connectivity index (χ4v) is 9.66. The van der Waals surface area contributed by atoms with Crippen LogP contribution in [0.4, 0.5) is 4.79 Å². The van der Waals surface area contributed by atoms with Crippen LogP contribution < -0.4 is 9.47 Å². The minimum absolute atomic E-state index is 0.0737. The largest absolute Gasteiger partial charge is 0.459 e. The molecule has 0 spiro atoms. The number of hydrogen-bond acceptors (Lipinski definition) is 11. The Morgan fingerprint density at radius 3 is 2.45 bits per heavy atom. The number of aliphatic hydroxyl groups excluding tert-OH is 2. The van der Waals surface area contributed by atoms with Crippen LogP contribution in [0.15, 0.2) is 107 Å². The van der Waals surface area contributed by atoms with Crippen molar-refractivity contribution in [1.29, 1.82) is 0 Å². The van der Waals surface area contributed by atoms with Crippen LogP contribution in [0, 0.1) is 17.8 Å². The van der Waals surface area contributed by atoms with Crippen molar-refractivity contribution in [2.24, 2.45) is 22.9 Å². The molecule has 3 aromatic carbocycles. The lowest BCUT2D eigenvalue weighted by Gasteiger charge is -2.59. The highest BCUT2D eigenvalue weighted by molar-refractivity contribution is 7.98. The predicted molar refractivity (Wildman–Crippen MR) is 235 cm³/mol. The van der Waals surface area contributed by atoms with Crippen LogP contribution in [0.2, 0.25) is 0 Å². The Morgan fingerprint density at radius 1 is 1.00 bits per heavy atom. The standard InChI is InChI=1S/C48H62N2O9S/c1-5-24-50(47(53)56-29-28-55-33-34-14-8-7-9-15-34)44-32-42(49-54-3)40-30-35(16-10-12-25-51)39(17-11-13-26-52)45-41-31-37(58-36-18-21-38(60-4)22-19-36)20-23-43(41)59-48(44,46(40)45)57-27-6-2/h6-9,14-15,18-23,30-31,35,39,44-46,51-52H,2,5,10-13,16-17,24-29,32-33H2,1,3-4H3/t35-,39+,44-,45+,46+,48+/m0/s1. The van der Waals surface area contributed by atoms with Crippen LogP contribution in [0.1, 0.15) is 75.3 Å². The van der Waals surface area contributed by atoms with Gasteiger partial charge in [0.1, 0.15) is 37.0 Å². The molecular weight excluding hydrogens is 781 g/mol. The smallest absolute Gasteiger partial charge is 0.410 e. The second-order valence-corrected chi connectivity index (χ2v) is 16.5. The first-order chi connectivity index (χ1) is 29.4. The monoisotopic (exact) mass is 842 g/mol. The molecule has 1 saturated carbocycles. The van der Waals surface area contributed by atoms with Crippen molar-refractivity contribution in [3.63, 3.8) is 0 Å². The molecule has 0 unspecified atom stereocenters. The van der Waals surface area contributed by atoms with Crippen LogP contribution >= 0.6 is 11.8 Å². The average molecular weight is 843 g/mol. The van der Waals surface area contributed by atoms with E-state index in [1.54, 1.807) is 29.8 Å². The van der Waals surface area contributed by atoms with Gasteiger partial charge in [0.05, 0.1) is 31.5 Å². The maximum atomic E-state index is 14.4. The maximum absolute atomic E-state index is 14.4. The summed E-state index contributed by atoms with van der Waals surface area (Å²) >= 11 is 1.68. The average Bonchev–Trinajstić information content (AvgIpc) is 3.27. The zero-order chi connectivity index (χ0) is 42.3. The van der Waals surface area contributed by atoms with Crippen LogP contribution in [-0.4, -0.2) is 91.7 Å². The first-order valence-electron chi connectivity index (χ1n) is 21.4. The van der Waals surface area contributed by atoms with Crippen molar-refractivity contribution in [1.82, 2.24) is 4.90 Å². The van der Waals surface area contributed by atoms with Crippen molar-refractivity contribution in [3.05, 3.63) is 108 Å². The Balaban J connectivity index is 1.45. The fourth-order valence-electron chi connectivity index (χ4n) is 9.25. The van der Waals surface area contributed by atoms with Crippen molar-refractivity contribution >= 4 is 23.6 Å². The van der Waals surface area contributed by atoms with E-state index in [0.717, 1.165) is 58.7 Å². The Kier molecular flexibility index (Phi) is 16.9. The molecule has 60 heavy (non-hydrogen) atoms. The van der Waals surface area contributed by atoms with Crippen LogP contribution in [0.25, 0.3) is 0 Å². The van der Waals surface area contributed by atoms with E-state index >= 15 is 0 Å². The third kappa shape index (κ3) is 10.6. The number of benzene rings is 3. The quantitative estimate of drug-likeness (QED) is 0.0412.